The molecule has 0 amide bonds. The highest BCUT2D eigenvalue weighted by Gasteiger charge is 2.28. The Morgan fingerprint density at radius 3 is 2.55 bits per heavy atom. The highest BCUT2D eigenvalue weighted by atomic mass is 16.5. The van der Waals surface area contributed by atoms with Gasteiger partial charge in [-0.05, 0) is 38.8 Å². The Kier molecular flexibility index (Phi) is 6.31. The maximum Gasteiger partial charge on any atom is 0.325 e. The molecule has 0 aliphatic heterocycles. The second-order valence-electron chi connectivity index (χ2n) is 4.77. The molecule has 0 saturated carbocycles. The van der Waals surface area contributed by atoms with Crippen LogP contribution in [0, 0.1) is 0 Å². The fraction of sp³-hybridized carbons (Fsp3) is 0.533. The van der Waals surface area contributed by atoms with Gasteiger partial charge in [0.1, 0.15) is 17.0 Å². The maximum atomic E-state index is 11.4. The lowest BCUT2D eigenvalue weighted by atomic mass is 9.98. The summed E-state index contributed by atoms with van der Waals surface area (Å²) in [7, 11) is 1.34. The first kappa shape index (κ1) is 16.3. The molecule has 0 saturated heterocycles. The first-order valence-electron chi connectivity index (χ1n) is 6.72. The highest BCUT2D eigenvalue weighted by Crippen LogP contribution is 2.20. The molecule has 1 rings (SSSR count). The summed E-state index contributed by atoms with van der Waals surface area (Å²) in [5, 5.41) is 0. The quantitative estimate of drug-likeness (QED) is 0.584. The van der Waals surface area contributed by atoms with Gasteiger partial charge in [0, 0.05) is 6.07 Å². The topological polar surface area (TPSA) is 70.8 Å². The van der Waals surface area contributed by atoms with Gasteiger partial charge in [0.25, 0.3) is 0 Å². The minimum atomic E-state index is -0.967. The second-order valence-corrected chi connectivity index (χ2v) is 4.77. The van der Waals surface area contributed by atoms with E-state index in [9.17, 15) is 4.79 Å². The molecule has 0 heterocycles. The van der Waals surface area contributed by atoms with Gasteiger partial charge in [-0.3, -0.25) is 4.79 Å². The third-order valence-corrected chi connectivity index (χ3v) is 2.88. The van der Waals surface area contributed by atoms with Gasteiger partial charge in [0.15, 0.2) is 0 Å². The molecule has 5 heteroatoms. The lowest BCUT2D eigenvalue weighted by Crippen LogP contribution is -2.45. The number of benzene rings is 1. The number of hydrogen-bond donors (Lipinski definition) is 1. The Morgan fingerprint density at radius 2 is 1.95 bits per heavy atom. The molecule has 1 aromatic rings. The van der Waals surface area contributed by atoms with Gasteiger partial charge >= 0.3 is 5.97 Å². The Bertz CT molecular complexity index is 432. The molecule has 1 unspecified atom stereocenters. The molecule has 5 nitrogen and oxygen atoms in total. The first-order valence-corrected chi connectivity index (χ1v) is 6.72. The average molecular weight is 281 g/mol. The van der Waals surface area contributed by atoms with Gasteiger partial charge in [0.2, 0.25) is 0 Å². The molecular formula is C15H23NO4. The van der Waals surface area contributed by atoms with Gasteiger partial charge in [-0.2, -0.15) is 0 Å². The van der Waals surface area contributed by atoms with E-state index in [1.807, 2.05) is 31.2 Å². The van der Waals surface area contributed by atoms with Crippen LogP contribution in [0.15, 0.2) is 24.3 Å². The van der Waals surface area contributed by atoms with Crippen molar-refractivity contribution in [3.8, 4) is 11.5 Å². The number of ether oxygens (including phenoxy) is 3. The average Bonchev–Trinajstić information content (AvgIpc) is 2.43. The molecule has 0 radical (unpaired) electrons. The van der Waals surface area contributed by atoms with E-state index in [-0.39, 0.29) is 0 Å². The van der Waals surface area contributed by atoms with Crippen LogP contribution >= 0.6 is 0 Å². The summed E-state index contributed by atoms with van der Waals surface area (Å²) in [6.45, 7) is 4.70. The van der Waals surface area contributed by atoms with Gasteiger partial charge in [-0.15, -0.1) is 0 Å². The normalized spacial score (nSPS) is 13.4. The van der Waals surface area contributed by atoms with Crippen LogP contribution in [0.2, 0.25) is 0 Å². The summed E-state index contributed by atoms with van der Waals surface area (Å²) in [5.41, 5.74) is 4.90. The molecule has 1 aromatic carbocycles. The highest BCUT2D eigenvalue weighted by molar-refractivity contribution is 5.79. The molecule has 0 bridgehead atoms. The van der Waals surface area contributed by atoms with Crippen molar-refractivity contribution in [1.29, 1.82) is 0 Å². The lowest BCUT2D eigenvalue weighted by molar-refractivity contribution is -0.146. The van der Waals surface area contributed by atoms with Crippen molar-refractivity contribution in [3.63, 3.8) is 0 Å². The van der Waals surface area contributed by atoms with E-state index < -0.39 is 11.5 Å². The van der Waals surface area contributed by atoms with E-state index in [1.165, 1.54) is 7.11 Å². The predicted octanol–water partition coefficient (Wildman–Crippen LogP) is 2.13. The van der Waals surface area contributed by atoms with Crippen LogP contribution in [0.5, 0.6) is 11.5 Å². The first-order chi connectivity index (χ1) is 9.49. The van der Waals surface area contributed by atoms with Crippen molar-refractivity contribution in [3.05, 3.63) is 24.3 Å². The summed E-state index contributed by atoms with van der Waals surface area (Å²) in [6, 6.07) is 7.46. The summed E-state index contributed by atoms with van der Waals surface area (Å²) >= 11 is 0. The van der Waals surface area contributed by atoms with Crippen molar-refractivity contribution >= 4 is 5.97 Å². The van der Waals surface area contributed by atoms with Crippen molar-refractivity contribution in [1.82, 2.24) is 0 Å². The summed E-state index contributed by atoms with van der Waals surface area (Å²) in [5.74, 6) is 1.12. The third-order valence-electron chi connectivity index (χ3n) is 2.88. The number of rotatable bonds is 8. The summed E-state index contributed by atoms with van der Waals surface area (Å²) in [6.07, 6.45) is 1.17. The van der Waals surface area contributed by atoms with E-state index in [0.717, 1.165) is 11.5 Å². The minimum absolute atomic E-state index is 0.407. The lowest BCUT2D eigenvalue weighted by Gasteiger charge is -2.21. The monoisotopic (exact) mass is 281 g/mol. The van der Waals surface area contributed by atoms with Crippen molar-refractivity contribution in [2.75, 3.05) is 20.3 Å². The smallest absolute Gasteiger partial charge is 0.325 e. The fourth-order valence-corrected chi connectivity index (χ4v) is 1.79. The molecule has 0 fully saturated rings. The molecule has 20 heavy (non-hydrogen) atoms. The number of carbonyl (C=O) groups is 1. The van der Waals surface area contributed by atoms with Crippen molar-refractivity contribution in [2.24, 2.45) is 5.73 Å². The minimum Gasteiger partial charge on any atom is -0.494 e. The van der Waals surface area contributed by atoms with Gasteiger partial charge in [-0.1, -0.05) is 6.07 Å². The van der Waals surface area contributed by atoms with Crippen LogP contribution in [0.1, 0.15) is 26.7 Å². The number of nitrogens with two attached hydrogens (primary N) is 1. The zero-order chi connectivity index (χ0) is 15.0. The van der Waals surface area contributed by atoms with Crippen LogP contribution in [0.3, 0.4) is 0 Å². The third kappa shape index (κ3) is 5.09. The molecule has 2 N–H and O–H groups in total. The molecule has 0 spiro atoms. The summed E-state index contributed by atoms with van der Waals surface area (Å²) in [4.78, 5) is 11.4. The Labute approximate surface area is 120 Å². The predicted molar refractivity (Wildman–Crippen MR) is 76.9 cm³/mol. The van der Waals surface area contributed by atoms with Crippen LogP contribution in [0.4, 0.5) is 0 Å². The molecule has 112 valence electrons. The SMILES string of the molecule is CCOc1cccc(OCCCC(C)(N)C(=O)OC)c1. The van der Waals surface area contributed by atoms with Crippen molar-refractivity contribution in [2.45, 2.75) is 32.2 Å². The van der Waals surface area contributed by atoms with Crippen LogP contribution < -0.4 is 15.2 Å². The molecule has 0 aliphatic carbocycles. The van der Waals surface area contributed by atoms with Crippen LogP contribution in [-0.2, 0) is 9.53 Å². The molecule has 0 aromatic heterocycles. The van der Waals surface area contributed by atoms with E-state index in [2.05, 4.69) is 4.74 Å². The van der Waals surface area contributed by atoms with E-state index >= 15 is 0 Å². The van der Waals surface area contributed by atoms with Gasteiger partial charge < -0.3 is 19.9 Å². The molecule has 1 atom stereocenters. The number of hydrogen-bond acceptors (Lipinski definition) is 5. The van der Waals surface area contributed by atoms with Crippen LogP contribution in [-0.4, -0.2) is 31.8 Å². The summed E-state index contributed by atoms with van der Waals surface area (Å²) < 4.78 is 15.7. The van der Waals surface area contributed by atoms with E-state index in [0.29, 0.717) is 26.1 Å². The second kappa shape index (κ2) is 7.75. The zero-order valence-corrected chi connectivity index (χ0v) is 12.3. The maximum absolute atomic E-state index is 11.4. The molecular weight excluding hydrogens is 258 g/mol. The van der Waals surface area contributed by atoms with Crippen molar-refractivity contribution < 1.29 is 19.0 Å². The number of esters is 1. The van der Waals surface area contributed by atoms with Gasteiger partial charge in [0.05, 0.1) is 20.3 Å². The Hall–Kier alpha value is -1.75. The van der Waals surface area contributed by atoms with E-state index in [4.69, 9.17) is 15.2 Å². The zero-order valence-electron chi connectivity index (χ0n) is 12.3. The fourth-order valence-electron chi connectivity index (χ4n) is 1.79. The largest absolute Gasteiger partial charge is 0.494 e. The molecule has 0 aliphatic rings. The standard InChI is InChI=1S/C15H23NO4/c1-4-19-12-7-5-8-13(11-12)20-10-6-9-15(2,16)14(17)18-3/h5,7-8,11H,4,6,9-10,16H2,1-3H3. The van der Waals surface area contributed by atoms with Crippen LogP contribution in [0.25, 0.3) is 0 Å². The number of methoxy groups -OCH3 is 1. The van der Waals surface area contributed by atoms with Gasteiger partial charge in [-0.25, -0.2) is 0 Å². The Balaban J connectivity index is 2.37. The number of carbonyl (C=O) groups excluding carboxylic acids is 1. The Morgan fingerprint density at radius 1 is 1.30 bits per heavy atom. The van der Waals surface area contributed by atoms with E-state index in [1.54, 1.807) is 6.92 Å².